The Labute approximate surface area is 121 Å². The molecule has 112 valence electrons. The molecule has 0 bridgehead atoms. The Hall–Kier alpha value is -1.55. The zero-order valence-corrected chi connectivity index (χ0v) is 13.0. The number of benzene rings is 1. The van der Waals surface area contributed by atoms with Crippen molar-refractivity contribution in [2.24, 2.45) is 0 Å². The normalized spacial score (nSPS) is 12.9. The summed E-state index contributed by atoms with van der Waals surface area (Å²) in [7, 11) is 0. The van der Waals surface area contributed by atoms with Crippen LogP contribution < -0.4 is 5.32 Å². The molecule has 0 saturated carbocycles. The van der Waals surface area contributed by atoms with Crippen molar-refractivity contribution in [3.8, 4) is 0 Å². The van der Waals surface area contributed by atoms with Crippen molar-refractivity contribution in [1.82, 2.24) is 5.32 Å². The highest BCUT2D eigenvalue weighted by molar-refractivity contribution is 5.68. The number of carbonyl (C=O) groups is 1. The van der Waals surface area contributed by atoms with Crippen LogP contribution in [0, 0.1) is 13.8 Å². The summed E-state index contributed by atoms with van der Waals surface area (Å²) in [5, 5.41) is 12.1. The first kappa shape index (κ1) is 16.5. The third-order valence-corrected chi connectivity index (χ3v) is 2.70. The summed E-state index contributed by atoms with van der Waals surface area (Å²) in [5.74, 6) is 0. The Morgan fingerprint density at radius 1 is 1.25 bits per heavy atom. The van der Waals surface area contributed by atoms with Gasteiger partial charge < -0.3 is 15.2 Å². The van der Waals surface area contributed by atoms with E-state index in [9.17, 15) is 9.90 Å². The van der Waals surface area contributed by atoms with Gasteiger partial charge in [0.1, 0.15) is 5.60 Å². The van der Waals surface area contributed by atoms with Crippen molar-refractivity contribution in [1.29, 1.82) is 0 Å². The van der Waals surface area contributed by atoms with Crippen molar-refractivity contribution >= 4 is 6.09 Å². The molecule has 1 rings (SSSR count). The first-order valence-electron chi connectivity index (χ1n) is 6.87. The number of ether oxygens (including phenoxy) is 1. The Morgan fingerprint density at radius 3 is 2.25 bits per heavy atom. The number of aryl methyl sites for hydroxylation is 2. The van der Waals surface area contributed by atoms with Crippen LogP contribution in [0.5, 0.6) is 0 Å². The fourth-order valence-electron chi connectivity index (χ4n) is 2.11. The van der Waals surface area contributed by atoms with Gasteiger partial charge in [0.25, 0.3) is 0 Å². The number of hydrogen-bond donors (Lipinski definition) is 2. The van der Waals surface area contributed by atoms with E-state index in [1.165, 1.54) is 11.1 Å². The summed E-state index contributed by atoms with van der Waals surface area (Å²) >= 11 is 0. The van der Waals surface area contributed by atoms with Crippen LogP contribution in [0.15, 0.2) is 18.2 Å². The first-order valence-corrected chi connectivity index (χ1v) is 6.87. The Balaban J connectivity index is 2.65. The predicted octanol–water partition coefficient (Wildman–Crippen LogP) is 2.73. The van der Waals surface area contributed by atoms with Crippen LogP contribution in [0.2, 0.25) is 0 Å². The van der Waals surface area contributed by atoms with Crippen molar-refractivity contribution < 1.29 is 14.6 Å². The van der Waals surface area contributed by atoms with Gasteiger partial charge in [-0.25, -0.2) is 4.79 Å². The molecule has 0 saturated heterocycles. The molecule has 0 heterocycles. The van der Waals surface area contributed by atoms with Gasteiger partial charge in [0, 0.05) is 0 Å². The smallest absolute Gasteiger partial charge is 0.407 e. The molecular formula is C16H25NO3. The van der Waals surface area contributed by atoms with Crippen LogP contribution in [0.25, 0.3) is 0 Å². The maximum absolute atomic E-state index is 11.7. The molecule has 0 fully saturated rings. The van der Waals surface area contributed by atoms with Crippen LogP contribution in [0.4, 0.5) is 4.79 Å². The topological polar surface area (TPSA) is 58.6 Å². The molecule has 4 heteroatoms. The zero-order chi connectivity index (χ0) is 15.3. The van der Waals surface area contributed by atoms with Gasteiger partial charge >= 0.3 is 6.09 Å². The van der Waals surface area contributed by atoms with Gasteiger partial charge in [0.2, 0.25) is 0 Å². The van der Waals surface area contributed by atoms with Crippen molar-refractivity contribution in [2.75, 3.05) is 6.61 Å². The van der Waals surface area contributed by atoms with Gasteiger partial charge in [-0.3, -0.25) is 0 Å². The fraction of sp³-hybridized carbons (Fsp3) is 0.562. The zero-order valence-electron chi connectivity index (χ0n) is 13.0. The largest absolute Gasteiger partial charge is 0.444 e. The minimum absolute atomic E-state index is 0.119. The highest BCUT2D eigenvalue weighted by Gasteiger charge is 2.19. The number of amides is 1. The molecule has 1 aromatic rings. The predicted molar refractivity (Wildman–Crippen MR) is 79.9 cm³/mol. The fourth-order valence-corrected chi connectivity index (χ4v) is 2.11. The summed E-state index contributed by atoms with van der Waals surface area (Å²) in [6, 6.07) is 5.88. The molecule has 4 nitrogen and oxygen atoms in total. The molecule has 20 heavy (non-hydrogen) atoms. The lowest BCUT2D eigenvalue weighted by atomic mass is 10.0. The lowest BCUT2D eigenvalue weighted by Crippen LogP contribution is -2.42. The monoisotopic (exact) mass is 279 g/mol. The van der Waals surface area contributed by atoms with Crippen molar-refractivity contribution in [2.45, 2.75) is 52.7 Å². The SMILES string of the molecule is Cc1cc(C)cc(C[C@@H](CO)NC(=O)OC(C)(C)C)c1. The third kappa shape index (κ3) is 6.06. The lowest BCUT2D eigenvalue weighted by Gasteiger charge is -2.23. The molecule has 0 aliphatic rings. The summed E-state index contributed by atoms with van der Waals surface area (Å²) < 4.78 is 5.19. The second-order valence-corrected chi connectivity index (χ2v) is 6.23. The number of alkyl carbamates (subject to hydrolysis) is 1. The van der Waals surface area contributed by atoms with E-state index in [4.69, 9.17) is 4.74 Å². The van der Waals surface area contributed by atoms with Crippen LogP contribution in [0.3, 0.4) is 0 Å². The van der Waals surface area contributed by atoms with Crippen LogP contribution >= 0.6 is 0 Å². The van der Waals surface area contributed by atoms with Gasteiger partial charge in [-0.1, -0.05) is 29.3 Å². The summed E-state index contributed by atoms with van der Waals surface area (Å²) in [6.45, 7) is 9.38. The van der Waals surface area contributed by atoms with Gasteiger partial charge in [0.15, 0.2) is 0 Å². The Morgan fingerprint density at radius 2 is 1.80 bits per heavy atom. The summed E-state index contributed by atoms with van der Waals surface area (Å²) in [4.78, 5) is 11.7. The average molecular weight is 279 g/mol. The second-order valence-electron chi connectivity index (χ2n) is 6.23. The van der Waals surface area contributed by atoms with Crippen molar-refractivity contribution in [3.05, 3.63) is 34.9 Å². The molecule has 1 atom stereocenters. The highest BCUT2D eigenvalue weighted by atomic mass is 16.6. The number of nitrogens with one attached hydrogen (secondary N) is 1. The number of aliphatic hydroxyl groups is 1. The molecule has 0 spiro atoms. The molecule has 0 aromatic heterocycles. The van der Waals surface area contributed by atoms with Gasteiger partial charge in [-0.15, -0.1) is 0 Å². The van der Waals surface area contributed by atoms with E-state index in [0.717, 1.165) is 5.56 Å². The summed E-state index contributed by atoms with van der Waals surface area (Å²) in [6.07, 6.45) is 0.0825. The van der Waals surface area contributed by atoms with Gasteiger partial charge in [-0.05, 0) is 46.6 Å². The van der Waals surface area contributed by atoms with Crippen LogP contribution in [0.1, 0.15) is 37.5 Å². The molecular weight excluding hydrogens is 254 g/mol. The van der Waals surface area contributed by atoms with E-state index in [-0.39, 0.29) is 12.6 Å². The molecule has 2 N–H and O–H groups in total. The standard InChI is InChI=1S/C16H25NO3/c1-11-6-12(2)8-13(7-11)9-14(10-18)17-15(19)20-16(3,4)5/h6-8,14,18H,9-10H2,1-5H3,(H,17,19)/t14-/m0/s1. The number of aliphatic hydroxyl groups excluding tert-OH is 1. The second kappa shape index (κ2) is 6.75. The number of rotatable bonds is 4. The highest BCUT2D eigenvalue weighted by Crippen LogP contribution is 2.12. The van der Waals surface area contributed by atoms with Gasteiger partial charge in [-0.2, -0.15) is 0 Å². The number of hydrogen-bond acceptors (Lipinski definition) is 3. The molecule has 0 radical (unpaired) electrons. The molecule has 1 amide bonds. The maximum Gasteiger partial charge on any atom is 0.407 e. The first-order chi connectivity index (χ1) is 9.19. The van der Waals surface area contributed by atoms with Crippen LogP contribution in [-0.4, -0.2) is 29.4 Å². The van der Waals surface area contributed by atoms with Gasteiger partial charge in [0.05, 0.1) is 12.6 Å². The molecule has 0 aliphatic carbocycles. The minimum atomic E-state index is -0.538. The van der Waals surface area contributed by atoms with E-state index in [2.05, 4.69) is 23.5 Å². The molecule has 0 aliphatic heterocycles. The Kier molecular flexibility index (Phi) is 5.57. The maximum atomic E-state index is 11.7. The van der Waals surface area contributed by atoms with E-state index in [0.29, 0.717) is 6.42 Å². The van der Waals surface area contributed by atoms with E-state index in [1.807, 2.05) is 34.6 Å². The quantitative estimate of drug-likeness (QED) is 0.891. The van der Waals surface area contributed by atoms with E-state index in [1.54, 1.807) is 0 Å². The minimum Gasteiger partial charge on any atom is -0.444 e. The number of carbonyl (C=O) groups excluding carboxylic acids is 1. The van der Waals surface area contributed by atoms with E-state index < -0.39 is 11.7 Å². The third-order valence-electron chi connectivity index (χ3n) is 2.70. The van der Waals surface area contributed by atoms with Crippen molar-refractivity contribution in [3.63, 3.8) is 0 Å². The molecule has 1 aromatic carbocycles. The molecule has 0 unspecified atom stereocenters. The van der Waals surface area contributed by atoms with Crippen LogP contribution in [-0.2, 0) is 11.2 Å². The lowest BCUT2D eigenvalue weighted by molar-refractivity contribution is 0.0483. The average Bonchev–Trinajstić information content (AvgIpc) is 2.23. The Bertz CT molecular complexity index is 443. The summed E-state index contributed by atoms with van der Waals surface area (Å²) in [5.41, 5.74) is 2.91. The van der Waals surface area contributed by atoms with E-state index >= 15 is 0 Å².